The smallest absolute Gasteiger partial charge is 0.266 e. The molecule has 4 aromatic rings. The number of halogens is 1. The average molecular weight is 568 g/mol. The average Bonchev–Trinajstić information content (AvgIpc) is 3.27. The van der Waals surface area contributed by atoms with Crippen LogP contribution in [0.2, 0.25) is 0 Å². The number of hydrogen-bond acceptors (Lipinski definition) is 5. The summed E-state index contributed by atoms with van der Waals surface area (Å²) >= 11 is 4.98. The van der Waals surface area contributed by atoms with Crippen molar-refractivity contribution in [2.75, 3.05) is 5.32 Å². The molecule has 5 rings (SSSR count). The van der Waals surface area contributed by atoms with E-state index in [0.717, 1.165) is 51.5 Å². The fourth-order valence-corrected chi connectivity index (χ4v) is 6.22. The van der Waals surface area contributed by atoms with Crippen molar-refractivity contribution in [3.05, 3.63) is 97.8 Å². The molecule has 1 aromatic heterocycles. The number of ether oxygens (including phenoxy) is 1. The summed E-state index contributed by atoms with van der Waals surface area (Å²) in [5.41, 5.74) is 3.28. The molecule has 0 aliphatic heterocycles. The van der Waals surface area contributed by atoms with Gasteiger partial charge in [-0.25, -0.2) is 0 Å². The van der Waals surface area contributed by atoms with Crippen molar-refractivity contribution < 1.29 is 9.53 Å². The second kappa shape index (κ2) is 11.0. The summed E-state index contributed by atoms with van der Waals surface area (Å²) in [6, 6.07) is 24.1. The van der Waals surface area contributed by atoms with Crippen LogP contribution in [0.25, 0.3) is 16.8 Å². The molecule has 0 atom stereocenters. The molecule has 1 N–H and O–H groups in total. The van der Waals surface area contributed by atoms with Crippen LogP contribution in [0.5, 0.6) is 5.75 Å². The number of benzene rings is 3. The molecule has 0 saturated heterocycles. The van der Waals surface area contributed by atoms with E-state index in [9.17, 15) is 15.3 Å². The second-order valence-corrected chi connectivity index (χ2v) is 10.8. The Morgan fingerprint density at radius 3 is 2.65 bits per heavy atom. The van der Waals surface area contributed by atoms with E-state index in [0.29, 0.717) is 28.5 Å². The molecular weight excluding hydrogens is 546 g/mol. The van der Waals surface area contributed by atoms with Crippen LogP contribution in [0, 0.1) is 22.7 Å². The second-order valence-electron chi connectivity index (χ2n) is 8.81. The van der Waals surface area contributed by atoms with Crippen LogP contribution in [0.15, 0.2) is 70.7 Å². The molecule has 0 radical (unpaired) electrons. The summed E-state index contributed by atoms with van der Waals surface area (Å²) in [6.07, 6.45) is 5.45. The first-order valence-electron chi connectivity index (χ1n) is 11.9. The van der Waals surface area contributed by atoms with Gasteiger partial charge in [-0.15, -0.1) is 11.3 Å². The molecule has 0 saturated carbocycles. The first-order chi connectivity index (χ1) is 18.1. The van der Waals surface area contributed by atoms with Crippen LogP contribution < -0.4 is 10.1 Å². The maximum absolute atomic E-state index is 12.9. The maximum Gasteiger partial charge on any atom is 0.266 e. The first-order valence-corrected chi connectivity index (χ1v) is 13.5. The van der Waals surface area contributed by atoms with E-state index in [1.165, 1.54) is 22.8 Å². The molecule has 7 heteroatoms. The van der Waals surface area contributed by atoms with Gasteiger partial charge in [0.1, 0.15) is 35.1 Å². The van der Waals surface area contributed by atoms with E-state index in [4.69, 9.17) is 4.74 Å². The Labute approximate surface area is 227 Å². The number of rotatable bonds is 6. The SMILES string of the molecule is N#C/C(=C\c1ccc(OCc2ccc3ccccc3c2)c(Br)c1)C(=O)Nc1sc2c(c1C#N)CCCC2. The van der Waals surface area contributed by atoms with E-state index in [1.807, 2.05) is 36.4 Å². The number of nitrogens with zero attached hydrogens (tertiary/aromatic N) is 2. The van der Waals surface area contributed by atoms with Gasteiger partial charge in [0.25, 0.3) is 5.91 Å². The molecule has 0 fully saturated rings. The molecule has 37 heavy (non-hydrogen) atoms. The molecule has 1 amide bonds. The lowest BCUT2D eigenvalue weighted by atomic mass is 9.96. The van der Waals surface area contributed by atoms with E-state index in [-0.39, 0.29) is 5.57 Å². The molecule has 3 aromatic carbocycles. The number of carbonyl (C=O) groups is 1. The highest BCUT2D eigenvalue weighted by Gasteiger charge is 2.22. The Balaban J connectivity index is 1.29. The quantitative estimate of drug-likeness (QED) is 0.192. The number of aryl methyl sites for hydroxylation is 1. The van der Waals surface area contributed by atoms with Gasteiger partial charge < -0.3 is 10.1 Å². The van der Waals surface area contributed by atoms with Gasteiger partial charge in [0.2, 0.25) is 0 Å². The molecule has 182 valence electrons. The minimum Gasteiger partial charge on any atom is -0.488 e. The third-order valence-corrected chi connectivity index (χ3v) is 8.18. The van der Waals surface area contributed by atoms with Crippen molar-refractivity contribution in [1.29, 1.82) is 10.5 Å². The highest BCUT2D eigenvalue weighted by Crippen LogP contribution is 2.38. The van der Waals surface area contributed by atoms with Gasteiger partial charge in [-0.1, -0.05) is 42.5 Å². The Morgan fingerprint density at radius 2 is 1.86 bits per heavy atom. The zero-order valence-corrected chi connectivity index (χ0v) is 22.3. The van der Waals surface area contributed by atoms with Crippen molar-refractivity contribution >= 4 is 55.0 Å². The van der Waals surface area contributed by atoms with Crippen LogP contribution in [0.4, 0.5) is 5.00 Å². The largest absolute Gasteiger partial charge is 0.488 e. The highest BCUT2D eigenvalue weighted by molar-refractivity contribution is 9.10. The maximum atomic E-state index is 12.9. The van der Waals surface area contributed by atoms with Crippen LogP contribution in [-0.2, 0) is 24.2 Å². The fraction of sp³-hybridized carbons (Fsp3) is 0.167. The standard InChI is InChI=1S/C30H22BrN3O2S/c31-26-15-19(10-12-27(26)36-18-20-9-11-21-5-1-2-6-22(21)14-20)13-23(16-32)29(35)34-30-25(17-33)24-7-3-4-8-28(24)37-30/h1-2,5-6,9-15H,3-4,7-8,18H2,(H,34,35)/b23-13+. The lowest BCUT2D eigenvalue weighted by molar-refractivity contribution is -0.112. The summed E-state index contributed by atoms with van der Waals surface area (Å²) in [7, 11) is 0. The molecular formula is C30H22BrN3O2S. The number of hydrogen-bond donors (Lipinski definition) is 1. The molecule has 1 heterocycles. The van der Waals surface area contributed by atoms with Crippen molar-refractivity contribution in [3.63, 3.8) is 0 Å². The lowest BCUT2D eigenvalue weighted by Crippen LogP contribution is -2.13. The van der Waals surface area contributed by atoms with E-state index in [2.05, 4.69) is 51.6 Å². The molecule has 1 aliphatic carbocycles. The lowest BCUT2D eigenvalue weighted by Gasteiger charge is -2.10. The van der Waals surface area contributed by atoms with Gasteiger partial charge in [0.05, 0.1) is 10.0 Å². The zero-order valence-electron chi connectivity index (χ0n) is 19.9. The van der Waals surface area contributed by atoms with Crippen LogP contribution in [-0.4, -0.2) is 5.91 Å². The van der Waals surface area contributed by atoms with E-state index in [1.54, 1.807) is 6.07 Å². The Bertz CT molecular complexity index is 1620. The Kier molecular flexibility index (Phi) is 7.37. The summed E-state index contributed by atoms with van der Waals surface area (Å²) in [5, 5.41) is 25.0. The summed E-state index contributed by atoms with van der Waals surface area (Å²) in [5.74, 6) is 0.140. The van der Waals surface area contributed by atoms with Crippen molar-refractivity contribution in [3.8, 4) is 17.9 Å². The van der Waals surface area contributed by atoms with Gasteiger partial charge in [0, 0.05) is 4.88 Å². The van der Waals surface area contributed by atoms with Gasteiger partial charge in [-0.2, -0.15) is 10.5 Å². The van der Waals surface area contributed by atoms with Gasteiger partial charge in [-0.05, 0) is 93.4 Å². The van der Waals surface area contributed by atoms with Crippen molar-refractivity contribution in [2.24, 2.45) is 0 Å². The van der Waals surface area contributed by atoms with Gasteiger partial charge in [0.15, 0.2) is 0 Å². The summed E-state index contributed by atoms with van der Waals surface area (Å²) in [4.78, 5) is 14.0. The van der Waals surface area contributed by atoms with Crippen LogP contribution >= 0.6 is 27.3 Å². The number of nitrogens with one attached hydrogen (secondary N) is 1. The third-order valence-electron chi connectivity index (χ3n) is 6.35. The number of nitriles is 2. The van der Waals surface area contributed by atoms with Crippen molar-refractivity contribution in [1.82, 2.24) is 0 Å². The first kappa shape index (κ1) is 24.8. The number of carbonyl (C=O) groups excluding carboxylic acids is 1. The summed E-state index contributed by atoms with van der Waals surface area (Å²) < 4.78 is 6.73. The topological polar surface area (TPSA) is 85.9 Å². The van der Waals surface area contributed by atoms with Crippen LogP contribution in [0.1, 0.15) is 40.0 Å². The zero-order chi connectivity index (χ0) is 25.8. The minimum atomic E-state index is -0.523. The number of fused-ring (bicyclic) bond motifs is 2. The van der Waals surface area contributed by atoms with E-state index < -0.39 is 5.91 Å². The normalized spacial score (nSPS) is 12.9. The summed E-state index contributed by atoms with van der Waals surface area (Å²) in [6.45, 7) is 0.413. The van der Waals surface area contributed by atoms with Crippen molar-refractivity contribution in [2.45, 2.75) is 32.3 Å². The predicted molar refractivity (Wildman–Crippen MR) is 150 cm³/mol. The number of thiophene rings is 1. The minimum absolute atomic E-state index is 0.0352. The monoisotopic (exact) mass is 567 g/mol. The molecule has 1 aliphatic rings. The fourth-order valence-electron chi connectivity index (χ4n) is 4.47. The van der Waals surface area contributed by atoms with E-state index >= 15 is 0 Å². The molecule has 0 bridgehead atoms. The molecule has 0 unspecified atom stereocenters. The van der Waals surface area contributed by atoms with Crippen LogP contribution in [0.3, 0.4) is 0 Å². The molecule has 5 nitrogen and oxygen atoms in total. The third kappa shape index (κ3) is 5.44. The Hall–Kier alpha value is -3.91. The van der Waals surface area contributed by atoms with Gasteiger partial charge in [-0.3, -0.25) is 4.79 Å². The van der Waals surface area contributed by atoms with Gasteiger partial charge >= 0.3 is 0 Å². The molecule has 0 spiro atoms. The predicted octanol–water partition coefficient (Wildman–Crippen LogP) is 7.54. The highest BCUT2D eigenvalue weighted by atomic mass is 79.9. The number of anilines is 1. The number of amides is 1. The Morgan fingerprint density at radius 1 is 1.05 bits per heavy atom.